The number of hydrogen-bond donors (Lipinski definition) is 1. The molecule has 0 fully saturated rings. The van der Waals surface area contributed by atoms with E-state index in [9.17, 15) is 18.0 Å². The number of amides is 1. The summed E-state index contributed by atoms with van der Waals surface area (Å²) in [6.07, 6.45) is -0.545. The van der Waals surface area contributed by atoms with Crippen molar-refractivity contribution in [1.82, 2.24) is 29.7 Å². The number of halogens is 4. The van der Waals surface area contributed by atoms with Crippen molar-refractivity contribution in [2.75, 3.05) is 44.4 Å². The second kappa shape index (κ2) is 11.9. The van der Waals surface area contributed by atoms with Crippen molar-refractivity contribution in [2.45, 2.75) is 26.4 Å². The highest BCUT2D eigenvalue weighted by atomic mass is 35.5. The van der Waals surface area contributed by atoms with Gasteiger partial charge in [-0.1, -0.05) is 22.9 Å². The first-order chi connectivity index (χ1) is 19.3. The van der Waals surface area contributed by atoms with Crippen molar-refractivity contribution in [3.8, 4) is 16.9 Å². The smallest absolute Gasteiger partial charge is 0.373 e. The Labute approximate surface area is 241 Å². The molecule has 2 heterocycles. The zero-order chi connectivity index (χ0) is 30.1. The van der Waals surface area contributed by atoms with E-state index in [4.69, 9.17) is 11.6 Å². The fourth-order valence-electron chi connectivity index (χ4n) is 4.37. The van der Waals surface area contributed by atoms with Crippen molar-refractivity contribution >= 4 is 28.9 Å². The number of anilines is 2. The summed E-state index contributed by atoms with van der Waals surface area (Å²) in [5.41, 5.74) is 3.19. The Bertz CT molecular complexity index is 1560. The Morgan fingerprint density at radius 2 is 1.83 bits per heavy atom. The topological polar surface area (TPSA) is 84.1 Å². The third-order valence-electron chi connectivity index (χ3n) is 6.85. The van der Waals surface area contributed by atoms with Crippen LogP contribution in [0.25, 0.3) is 16.9 Å². The van der Waals surface area contributed by atoms with Crippen molar-refractivity contribution in [2.24, 2.45) is 7.05 Å². The zero-order valence-corrected chi connectivity index (χ0v) is 24.5. The van der Waals surface area contributed by atoms with Crippen LogP contribution in [0.4, 0.5) is 24.5 Å². The molecule has 1 amide bonds. The molecule has 0 radical (unpaired) electrons. The molecule has 0 unspecified atom stereocenters. The van der Waals surface area contributed by atoms with Crippen LogP contribution in [0.5, 0.6) is 0 Å². The lowest BCUT2D eigenvalue weighted by molar-refractivity contribution is -0.137. The van der Waals surface area contributed by atoms with Gasteiger partial charge in [0.15, 0.2) is 0 Å². The molecule has 2 aromatic carbocycles. The summed E-state index contributed by atoms with van der Waals surface area (Å²) >= 11 is 6.21. The fraction of sp³-hybridized carbons (Fsp3) is 0.357. The standard InChI is InChI=1S/C28H32ClF3N8O/c1-17-8-9-19(12-24(17)40-16-23(35-36-40)21-15-33-39(6)18(21)2)27(41)34-20-13-22(28(30,31)32)26(29)25(14-20)38(5)11-7-10-37(3)4/h8-9,12-16H,7,10-11H2,1-6H3,(H,34,41). The van der Waals surface area contributed by atoms with Crippen molar-refractivity contribution in [1.29, 1.82) is 0 Å². The third kappa shape index (κ3) is 6.71. The molecule has 0 atom stereocenters. The van der Waals surface area contributed by atoms with Gasteiger partial charge in [-0.05, 0) is 70.7 Å². The summed E-state index contributed by atoms with van der Waals surface area (Å²) < 4.78 is 44.9. The highest BCUT2D eigenvalue weighted by Crippen LogP contribution is 2.42. The van der Waals surface area contributed by atoms with Crippen LogP contribution in [-0.2, 0) is 13.2 Å². The van der Waals surface area contributed by atoms with Gasteiger partial charge in [0.05, 0.1) is 34.4 Å². The maximum absolute atomic E-state index is 13.9. The average molecular weight is 589 g/mol. The number of carbonyl (C=O) groups is 1. The second-order valence-electron chi connectivity index (χ2n) is 10.2. The van der Waals surface area contributed by atoms with Crippen molar-refractivity contribution in [3.63, 3.8) is 0 Å². The maximum atomic E-state index is 13.9. The van der Waals surface area contributed by atoms with Crippen LogP contribution in [0.15, 0.2) is 42.7 Å². The number of aryl methyl sites for hydroxylation is 2. The first kappa shape index (κ1) is 30.1. The largest absolute Gasteiger partial charge is 0.417 e. The van der Waals surface area contributed by atoms with E-state index in [0.717, 1.165) is 29.4 Å². The molecule has 1 N–H and O–H groups in total. The number of rotatable bonds is 9. The summed E-state index contributed by atoms with van der Waals surface area (Å²) in [4.78, 5) is 16.9. The van der Waals surface area contributed by atoms with Crippen LogP contribution in [0.3, 0.4) is 0 Å². The van der Waals surface area contributed by atoms with Crippen molar-refractivity contribution in [3.05, 3.63) is 70.1 Å². The summed E-state index contributed by atoms with van der Waals surface area (Å²) in [5, 5.41) is 14.9. The molecule has 13 heteroatoms. The van der Waals surface area contributed by atoms with Gasteiger partial charge in [0.1, 0.15) is 5.69 Å². The van der Waals surface area contributed by atoms with Gasteiger partial charge in [0.2, 0.25) is 0 Å². The SMILES string of the molecule is Cc1ccc(C(=O)Nc2cc(N(C)CCCN(C)C)c(Cl)c(C(F)(F)F)c2)cc1-n1cc(-c2cnn(C)c2C)nn1. The Morgan fingerprint density at radius 1 is 1.10 bits per heavy atom. The van der Waals surface area contributed by atoms with E-state index >= 15 is 0 Å². The van der Waals surface area contributed by atoms with Gasteiger partial charge in [-0.15, -0.1) is 5.10 Å². The van der Waals surface area contributed by atoms with E-state index in [1.807, 2.05) is 39.9 Å². The third-order valence-corrected chi connectivity index (χ3v) is 7.25. The van der Waals surface area contributed by atoms with Gasteiger partial charge in [-0.25, -0.2) is 4.68 Å². The van der Waals surface area contributed by atoms with Crippen molar-refractivity contribution < 1.29 is 18.0 Å². The lowest BCUT2D eigenvalue weighted by Gasteiger charge is -2.24. The number of alkyl halides is 3. The lowest BCUT2D eigenvalue weighted by Crippen LogP contribution is -2.24. The summed E-state index contributed by atoms with van der Waals surface area (Å²) in [6, 6.07) is 7.28. The maximum Gasteiger partial charge on any atom is 0.417 e. The quantitative estimate of drug-likeness (QED) is 0.274. The molecule has 0 spiro atoms. The monoisotopic (exact) mass is 588 g/mol. The van der Waals surface area contributed by atoms with Gasteiger partial charge in [0.25, 0.3) is 5.91 Å². The van der Waals surface area contributed by atoms with Crippen LogP contribution in [0.1, 0.15) is 33.6 Å². The van der Waals surface area contributed by atoms with E-state index in [-0.39, 0.29) is 16.9 Å². The Balaban J connectivity index is 1.62. The summed E-state index contributed by atoms with van der Waals surface area (Å²) in [5.74, 6) is -0.577. The average Bonchev–Trinajstić information content (AvgIpc) is 3.50. The second-order valence-corrected chi connectivity index (χ2v) is 10.6. The molecule has 0 saturated heterocycles. The van der Waals surface area contributed by atoms with Crippen LogP contribution in [0.2, 0.25) is 5.02 Å². The van der Waals surface area contributed by atoms with E-state index in [1.165, 1.54) is 6.07 Å². The zero-order valence-electron chi connectivity index (χ0n) is 23.7. The normalized spacial score (nSPS) is 11.8. The molecule has 9 nitrogen and oxygen atoms in total. The van der Waals surface area contributed by atoms with Gasteiger partial charge in [-0.2, -0.15) is 18.3 Å². The van der Waals surface area contributed by atoms with E-state index < -0.39 is 22.7 Å². The van der Waals surface area contributed by atoms with Crippen LogP contribution in [0, 0.1) is 13.8 Å². The minimum Gasteiger partial charge on any atom is -0.373 e. The molecule has 41 heavy (non-hydrogen) atoms. The molecule has 0 aliphatic rings. The van der Waals surface area contributed by atoms with E-state index in [1.54, 1.807) is 51.9 Å². The molecular formula is C28H32ClF3N8O. The predicted molar refractivity (Wildman–Crippen MR) is 154 cm³/mol. The number of nitrogens with one attached hydrogen (secondary N) is 1. The number of hydrogen-bond acceptors (Lipinski definition) is 6. The Kier molecular flexibility index (Phi) is 8.74. The molecule has 0 aliphatic carbocycles. The number of benzene rings is 2. The fourth-order valence-corrected chi connectivity index (χ4v) is 4.73. The molecule has 0 bridgehead atoms. The molecule has 2 aromatic heterocycles. The van der Waals surface area contributed by atoms with E-state index in [0.29, 0.717) is 24.3 Å². The Hall–Kier alpha value is -3.90. The number of carbonyl (C=O) groups excluding carboxylic acids is 1. The minimum absolute atomic E-state index is 0.0154. The van der Waals surface area contributed by atoms with Gasteiger partial charge < -0.3 is 15.1 Å². The predicted octanol–water partition coefficient (Wildman–Crippen LogP) is 5.60. The molecular weight excluding hydrogens is 557 g/mol. The van der Waals surface area contributed by atoms with E-state index in [2.05, 4.69) is 20.7 Å². The van der Waals surface area contributed by atoms with Gasteiger partial charge in [-0.3, -0.25) is 9.48 Å². The van der Waals surface area contributed by atoms with Gasteiger partial charge in [0, 0.05) is 43.1 Å². The minimum atomic E-state index is -4.70. The highest BCUT2D eigenvalue weighted by Gasteiger charge is 2.35. The summed E-state index contributed by atoms with van der Waals surface area (Å²) in [6.45, 7) is 5.02. The summed E-state index contributed by atoms with van der Waals surface area (Å²) in [7, 11) is 7.35. The van der Waals surface area contributed by atoms with Gasteiger partial charge >= 0.3 is 6.18 Å². The molecule has 0 saturated carbocycles. The molecule has 4 aromatic rings. The number of nitrogens with zero attached hydrogens (tertiary/aromatic N) is 7. The van der Waals surface area contributed by atoms with Crippen LogP contribution < -0.4 is 10.2 Å². The van der Waals surface area contributed by atoms with Crippen LogP contribution in [-0.4, -0.2) is 69.8 Å². The Morgan fingerprint density at radius 3 is 2.46 bits per heavy atom. The molecule has 218 valence electrons. The van der Waals surface area contributed by atoms with Crippen LogP contribution >= 0.6 is 11.6 Å². The lowest BCUT2D eigenvalue weighted by atomic mass is 10.1. The first-order valence-corrected chi connectivity index (χ1v) is 13.2. The number of aromatic nitrogens is 5. The first-order valence-electron chi connectivity index (χ1n) is 12.9. The molecule has 0 aliphatic heterocycles. The molecule has 4 rings (SSSR count). The highest BCUT2D eigenvalue weighted by molar-refractivity contribution is 6.34.